The highest BCUT2D eigenvalue weighted by molar-refractivity contribution is 6.33. The van der Waals surface area contributed by atoms with E-state index >= 15 is 0 Å². The summed E-state index contributed by atoms with van der Waals surface area (Å²) in [6, 6.07) is 15.0. The summed E-state index contributed by atoms with van der Waals surface area (Å²) in [6.07, 6.45) is 0. The number of aliphatic hydroxyl groups excluding tert-OH is 1. The van der Waals surface area contributed by atoms with Crippen molar-refractivity contribution in [1.29, 1.82) is 0 Å². The lowest BCUT2D eigenvalue weighted by Gasteiger charge is -2.09. The number of fused-ring (bicyclic) bond motifs is 1. The average Bonchev–Trinajstić information content (AvgIpc) is 3.10. The summed E-state index contributed by atoms with van der Waals surface area (Å²) in [7, 11) is 0. The summed E-state index contributed by atoms with van der Waals surface area (Å²) in [6.45, 7) is 0. The van der Waals surface area contributed by atoms with Crippen LogP contribution in [0.4, 0.5) is 8.78 Å². The first-order chi connectivity index (χ1) is 13.9. The lowest BCUT2D eigenvalue weighted by molar-refractivity contribution is 0.105. The molecule has 0 aliphatic carbocycles. The molecule has 0 bridgehead atoms. The largest absolute Gasteiger partial charge is 0.508 e. The minimum Gasteiger partial charge on any atom is -0.508 e. The molecule has 0 unspecified atom stereocenters. The second kappa shape index (κ2) is 7.20. The Morgan fingerprint density at radius 2 is 1.59 bits per heavy atom. The Morgan fingerprint density at radius 3 is 2.28 bits per heavy atom. The van der Waals surface area contributed by atoms with Gasteiger partial charge in [0.1, 0.15) is 34.5 Å². The van der Waals surface area contributed by atoms with E-state index in [1.54, 1.807) is 30.3 Å². The molecule has 1 aromatic heterocycles. The number of benzene rings is 3. The highest BCUT2D eigenvalue weighted by Gasteiger charge is 2.24. The first-order valence-corrected chi connectivity index (χ1v) is 8.61. The standard InChI is InChI=1S/C22H14F2N2O3/c23-14-8-13(9-15(24)10-14)21(29)19(20(28)12-4-2-1-3-5-12)22-25-17-7-6-16(27)11-18(17)26-22/h1-11,27,29H,(H,25,26). The number of carbonyl (C=O) groups is 1. The average molecular weight is 392 g/mol. The normalized spacial score (nSPS) is 12.1. The van der Waals surface area contributed by atoms with E-state index in [0.717, 1.165) is 12.1 Å². The predicted molar refractivity (Wildman–Crippen MR) is 104 cm³/mol. The number of aliphatic hydroxyl groups is 1. The summed E-state index contributed by atoms with van der Waals surface area (Å²) in [5.41, 5.74) is 0.669. The number of aromatic amines is 1. The van der Waals surface area contributed by atoms with Crippen molar-refractivity contribution < 1.29 is 23.8 Å². The van der Waals surface area contributed by atoms with E-state index in [1.165, 1.54) is 18.2 Å². The van der Waals surface area contributed by atoms with E-state index in [9.17, 15) is 23.8 Å². The van der Waals surface area contributed by atoms with Crippen LogP contribution in [0.15, 0.2) is 66.7 Å². The van der Waals surface area contributed by atoms with Crippen molar-refractivity contribution in [2.24, 2.45) is 0 Å². The van der Waals surface area contributed by atoms with Crippen LogP contribution in [0, 0.1) is 11.6 Å². The van der Waals surface area contributed by atoms with Crippen molar-refractivity contribution in [2.75, 3.05) is 0 Å². The van der Waals surface area contributed by atoms with Gasteiger partial charge in [0.15, 0.2) is 0 Å². The number of hydrogen-bond donors (Lipinski definition) is 3. The van der Waals surface area contributed by atoms with Gasteiger partial charge in [-0.05, 0) is 24.3 Å². The molecule has 7 heteroatoms. The van der Waals surface area contributed by atoms with Gasteiger partial charge in [-0.25, -0.2) is 13.8 Å². The number of imidazole rings is 1. The molecule has 0 saturated carbocycles. The molecule has 0 spiro atoms. The van der Waals surface area contributed by atoms with Crippen LogP contribution < -0.4 is 0 Å². The zero-order chi connectivity index (χ0) is 20.5. The fourth-order valence-electron chi connectivity index (χ4n) is 3.01. The number of carbonyl (C=O) groups excluding carboxylic acids is 1. The van der Waals surface area contributed by atoms with Crippen molar-refractivity contribution in [1.82, 2.24) is 9.97 Å². The van der Waals surface area contributed by atoms with E-state index in [0.29, 0.717) is 17.1 Å². The number of aromatic nitrogens is 2. The molecule has 29 heavy (non-hydrogen) atoms. The molecule has 0 aliphatic heterocycles. The number of phenolic OH excluding ortho intramolecular Hbond substituents is 1. The van der Waals surface area contributed by atoms with Crippen molar-refractivity contribution >= 4 is 28.1 Å². The first-order valence-electron chi connectivity index (χ1n) is 8.61. The Hall–Kier alpha value is -4.00. The van der Waals surface area contributed by atoms with Crippen molar-refractivity contribution in [3.63, 3.8) is 0 Å². The highest BCUT2D eigenvalue weighted by Crippen LogP contribution is 2.29. The van der Waals surface area contributed by atoms with Gasteiger partial charge in [0, 0.05) is 23.3 Å². The van der Waals surface area contributed by atoms with Gasteiger partial charge in [-0.2, -0.15) is 0 Å². The topological polar surface area (TPSA) is 86.2 Å². The van der Waals surface area contributed by atoms with Crippen LogP contribution in [0.1, 0.15) is 21.7 Å². The van der Waals surface area contributed by atoms with Crippen LogP contribution in [-0.4, -0.2) is 26.0 Å². The van der Waals surface area contributed by atoms with Gasteiger partial charge in [0.25, 0.3) is 0 Å². The summed E-state index contributed by atoms with van der Waals surface area (Å²) < 4.78 is 27.4. The fraction of sp³-hybridized carbons (Fsp3) is 0. The first kappa shape index (κ1) is 18.4. The summed E-state index contributed by atoms with van der Waals surface area (Å²) in [4.78, 5) is 20.3. The zero-order valence-corrected chi connectivity index (χ0v) is 14.9. The quantitative estimate of drug-likeness (QED) is 0.263. The molecule has 0 amide bonds. The molecule has 3 aromatic carbocycles. The van der Waals surface area contributed by atoms with Gasteiger partial charge in [0.2, 0.25) is 5.78 Å². The van der Waals surface area contributed by atoms with Gasteiger partial charge in [0.05, 0.1) is 11.0 Å². The van der Waals surface area contributed by atoms with Crippen LogP contribution in [0.3, 0.4) is 0 Å². The Bertz CT molecular complexity index is 1240. The van der Waals surface area contributed by atoms with Crippen LogP contribution in [0.5, 0.6) is 5.75 Å². The monoisotopic (exact) mass is 392 g/mol. The number of H-pyrrole nitrogens is 1. The Balaban J connectivity index is 1.96. The van der Waals surface area contributed by atoms with Gasteiger partial charge < -0.3 is 15.2 Å². The maximum absolute atomic E-state index is 13.7. The lowest BCUT2D eigenvalue weighted by atomic mass is 9.98. The number of rotatable bonds is 4. The molecular weight excluding hydrogens is 378 g/mol. The maximum Gasteiger partial charge on any atom is 0.200 e. The molecule has 144 valence electrons. The van der Waals surface area contributed by atoms with Gasteiger partial charge in [-0.3, -0.25) is 4.79 Å². The zero-order valence-electron chi connectivity index (χ0n) is 14.9. The Kier molecular flexibility index (Phi) is 4.56. The van der Waals surface area contributed by atoms with Crippen molar-refractivity contribution in [3.05, 3.63) is 95.3 Å². The fourth-order valence-corrected chi connectivity index (χ4v) is 3.01. The number of hydrogen-bond acceptors (Lipinski definition) is 4. The molecular formula is C22H14F2N2O3. The predicted octanol–water partition coefficient (Wildman–Crippen LogP) is 4.86. The third-order valence-corrected chi connectivity index (χ3v) is 4.34. The third kappa shape index (κ3) is 3.58. The number of aromatic hydroxyl groups is 1. The number of Topliss-reactive ketones (excluding diaryl/α,β-unsaturated/α-hetero) is 1. The summed E-state index contributed by atoms with van der Waals surface area (Å²) in [5, 5.41) is 20.5. The number of halogens is 2. The molecule has 0 radical (unpaired) electrons. The number of nitrogens with one attached hydrogen (secondary N) is 1. The lowest BCUT2D eigenvalue weighted by Crippen LogP contribution is -2.07. The minimum atomic E-state index is -0.896. The van der Waals surface area contributed by atoms with E-state index < -0.39 is 23.2 Å². The molecule has 0 atom stereocenters. The third-order valence-electron chi connectivity index (χ3n) is 4.34. The van der Waals surface area contributed by atoms with Crippen molar-refractivity contribution in [2.45, 2.75) is 0 Å². The smallest absolute Gasteiger partial charge is 0.200 e. The highest BCUT2D eigenvalue weighted by atomic mass is 19.1. The molecule has 5 nitrogen and oxygen atoms in total. The Morgan fingerprint density at radius 1 is 0.897 bits per heavy atom. The maximum atomic E-state index is 13.7. The van der Waals surface area contributed by atoms with E-state index in [1.807, 2.05) is 0 Å². The molecule has 0 fully saturated rings. The van der Waals surface area contributed by atoms with E-state index in [2.05, 4.69) is 9.97 Å². The van der Waals surface area contributed by atoms with Crippen LogP contribution in [0.25, 0.3) is 22.4 Å². The SMILES string of the molecule is O=C(C(=C(O)c1cc(F)cc(F)c1)c1nc2ccc(O)cc2[nH]1)c1ccccc1. The van der Waals surface area contributed by atoms with Crippen LogP contribution in [0.2, 0.25) is 0 Å². The molecule has 3 N–H and O–H groups in total. The van der Waals surface area contributed by atoms with E-state index in [-0.39, 0.29) is 28.3 Å². The molecule has 0 aliphatic rings. The Labute approximate surface area is 163 Å². The van der Waals surface area contributed by atoms with Crippen LogP contribution >= 0.6 is 0 Å². The number of ketones is 1. The number of phenols is 1. The van der Waals surface area contributed by atoms with Crippen molar-refractivity contribution in [3.8, 4) is 5.75 Å². The molecule has 0 saturated heterocycles. The van der Waals surface area contributed by atoms with Crippen LogP contribution in [-0.2, 0) is 0 Å². The second-order valence-electron chi connectivity index (χ2n) is 6.36. The van der Waals surface area contributed by atoms with E-state index in [4.69, 9.17) is 0 Å². The molecule has 4 rings (SSSR count). The van der Waals surface area contributed by atoms with Gasteiger partial charge in [-0.1, -0.05) is 30.3 Å². The second-order valence-corrected chi connectivity index (χ2v) is 6.36. The number of allylic oxidation sites excluding steroid dienone is 1. The number of nitrogens with zero attached hydrogens (tertiary/aromatic N) is 1. The summed E-state index contributed by atoms with van der Waals surface area (Å²) in [5.74, 6) is -3.01. The van der Waals surface area contributed by atoms with Gasteiger partial charge in [-0.15, -0.1) is 0 Å². The van der Waals surface area contributed by atoms with Gasteiger partial charge >= 0.3 is 0 Å². The molecule has 4 aromatic rings. The molecule has 1 heterocycles. The minimum absolute atomic E-state index is 0.00150. The summed E-state index contributed by atoms with van der Waals surface area (Å²) >= 11 is 0.